The number of aliphatic imine (C=N–C) groups is 1. The highest BCUT2D eigenvalue weighted by molar-refractivity contribution is 8.18. The van der Waals surface area contributed by atoms with Crippen molar-refractivity contribution in [2.45, 2.75) is 0 Å². The molecule has 1 fully saturated rings. The van der Waals surface area contributed by atoms with Crippen LogP contribution in [0.2, 0.25) is 0 Å². The lowest BCUT2D eigenvalue weighted by atomic mass is 10.1. The lowest BCUT2D eigenvalue weighted by Crippen LogP contribution is -2.19. The third-order valence-electron chi connectivity index (χ3n) is 3.81. The summed E-state index contributed by atoms with van der Waals surface area (Å²) in [6.45, 7) is 0. The topological polar surface area (TPSA) is 41.5 Å². The monoisotopic (exact) mass is 348 g/mol. The second-order valence-corrected chi connectivity index (χ2v) is 6.57. The van der Waals surface area contributed by atoms with E-state index in [0.717, 1.165) is 16.5 Å². The second-order valence-electron chi connectivity index (χ2n) is 5.53. The Bertz CT molecular complexity index is 1040. The first-order valence-corrected chi connectivity index (χ1v) is 8.54. The Balaban J connectivity index is 1.62. The molecule has 3 aromatic carbocycles. The van der Waals surface area contributed by atoms with E-state index in [0.29, 0.717) is 15.6 Å². The summed E-state index contributed by atoms with van der Waals surface area (Å²) in [5, 5.41) is 5.43. The van der Waals surface area contributed by atoms with Gasteiger partial charge in [0.15, 0.2) is 5.17 Å². The van der Waals surface area contributed by atoms with Gasteiger partial charge in [-0.25, -0.2) is 9.38 Å². The third-order valence-corrected chi connectivity index (χ3v) is 4.72. The van der Waals surface area contributed by atoms with Crippen molar-refractivity contribution in [3.63, 3.8) is 0 Å². The second kappa shape index (κ2) is 6.53. The number of carbonyl (C=O) groups excluding carboxylic acids is 1. The summed E-state index contributed by atoms with van der Waals surface area (Å²) in [7, 11) is 0. The standard InChI is InChI=1S/C20H13FN2OS/c21-17-8-4-3-7-15(17)12-18-19(24)23-20(25-18)22-16-10-9-13-5-1-2-6-14(13)11-16/h1-12H,(H,22,23,24)/b18-12-. The van der Waals surface area contributed by atoms with Crippen LogP contribution in [0.3, 0.4) is 0 Å². The average Bonchev–Trinajstić information content (AvgIpc) is 2.96. The van der Waals surface area contributed by atoms with Crippen LogP contribution in [0, 0.1) is 5.82 Å². The zero-order valence-corrected chi connectivity index (χ0v) is 13.9. The number of nitrogens with zero attached hydrogens (tertiary/aromatic N) is 1. The van der Waals surface area contributed by atoms with E-state index in [-0.39, 0.29) is 11.7 Å². The van der Waals surface area contributed by atoms with E-state index < -0.39 is 0 Å². The Morgan fingerprint density at radius 1 is 0.960 bits per heavy atom. The number of carbonyl (C=O) groups is 1. The SMILES string of the molecule is O=C1NC(=Nc2ccc3ccccc3c2)S/C1=C\c1ccccc1F. The van der Waals surface area contributed by atoms with Crippen LogP contribution in [0.25, 0.3) is 16.8 Å². The van der Waals surface area contributed by atoms with Gasteiger partial charge in [0.05, 0.1) is 10.6 Å². The number of fused-ring (bicyclic) bond motifs is 1. The van der Waals surface area contributed by atoms with Gasteiger partial charge in [0.1, 0.15) is 5.82 Å². The molecule has 4 rings (SSSR count). The number of rotatable bonds is 2. The number of thioether (sulfide) groups is 1. The van der Waals surface area contributed by atoms with E-state index >= 15 is 0 Å². The Hall–Kier alpha value is -2.92. The molecular weight excluding hydrogens is 335 g/mol. The summed E-state index contributed by atoms with van der Waals surface area (Å²) < 4.78 is 13.7. The molecule has 1 heterocycles. The van der Waals surface area contributed by atoms with Gasteiger partial charge in [-0.15, -0.1) is 0 Å². The quantitative estimate of drug-likeness (QED) is 0.671. The largest absolute Gasteiger partial charge is 0.300 e. The molecule has 0 radical (unpaired) electrons. The van der Waals surface area contributed by atoms with Crippen LogP contribution >= 0.6 is 11.8 Å². The summed E-state index contributed by atoms with van der Waals surface area (Å²) in [6, 6.07) is 20.2. The van der Waals surface area contributed by atoms with Crippen molar-refractivity contribution >= 4 is 45.4 Å². The molecular formula is C20H13FN2OS. The first-order valence-electron chi connectivity index (χ1n) is 7.72. The van der Waals surface area contributed by atoms with Crippen LogP contribution in [0.4, 0.5) is 10.1 Å². The van der Waals surface area contributed by atoms with Gasteiger partial charge in [0, 0.05) is 5.56 Å². The van der Waals surface area contributed by atoms with Crippen molar-refractivity contribution in [1.82, 2.24) is 5.32 Å². The minimum absolute atomic E-state index is 0.271. The van der Waals surface area contributed by atoms with E-state index in [1.54, 1.807) is 18.2 Å². The Morgan fingerprint density at radius 3 is 2.56 bits per heavy atom. The highest BCUT2D eigenvalue weighted by Crippen LogP contribution is 2.29. The Morgan fingerprint density at radius 2 is 1.72 bits per heavy atom. The van der Waals surface area contributed by atoms with Gasteiger partial charge in [-0.1, -0.05) is 48.5 Å². The van der Waals surface area contributed by atoms with E-state index in [4.69, 9.17) is 0 Å². The van der Waals surface area contributed by atoms with Crippen LogP contribution < -0.4 is 5.32 Å². The van der Waals surface area contributed by atoms with Crippen molar-refractivity contribution in [3.05, 3.63) is 83.0 Å². The number of nitrogens with one attached hydrogen (secondary N) is 1. The molecule has 1 amide bonds. The average molecular weight is 348 g/mol. The zero-order valence-electron chi connectivity index (χ0n) is 13.1. The Kier molecular flexibility index (Phi) is 4.07. The molecule has 122 valence electrons. The molecule has 0 aliphatic carbocycles. The molecule has 0 aromatic heterocycles. The van der Waals surface area contributed by atoms with Crippen LogP contribution in [-0.4, -0.2) is 11.1 Å². The highest BCUT2D eigenvalue weighted by atomic mass is 32.2. The van der Waals surface area contributed by atoms with Crippen LogP contribution in [-0.2, 0) is 4.79 Å². The third kappa shape index (κ3) is 3.32. The minimum atomic E-state index is -0.358. The normalized spacial score (nSPS) is 17.4. The van der Waals surface area contributed by atoms with Gasteiger partial charge >= 0.3 is 0 Å². The van der Waals surface area contributed by atoms with Gasteiger partial charge in [-0.05, 0) is 46.8 Å². The van der Waals surface area contributed by atoms with E-state index in [1.165, 1.54) is 23.9 Å². The summed E-state index contributed by atoms with van der Waals surface area (Å²) >= 11 is 1.21. The summed E-state index contributed by atoms with van der Waals surface area (Å²) in [4.78, 5) is 17.0. The fourth-order valence-electron chi connectivity index (χ4n) is 2.58. The predicted octanol–water partition coefficient (Wildman–Crippen LogP) is 4.87. The zero-order chi connectivity index (χ0) is 17.2. The molecule has 0 unspecified atom stereocenters. The minimum Gasteiger partial charge on any atom is -0.300 e. The smallest absolute Gasteiger partial charge is 0.264 e. The lowest BCUT2D eigenvalue weighted by Gasteiger charge is -2.00. The maximum atomic E-state index is 13.7. The van der Waals surface area contributed by atoms with Gasteiger partial charge in [0.2, 0.25) is 0 Å². The number of amides is 1. The molecule has 1 aliphatic rings. The van der Waals surface area contributed by atoms with Gasteiger partial charge in [-0.2, -0.15) is 0 Å². The highest BCUT2D eigenvalue weighted by Gasteiger charge is 2.24. The van der Waals surface area contributed by atoms with Crippen LogP contribution in [0.5, 0.6) is 0 Å². The Labute approximate surface area is 148 Å². The number of amidine groups is 1. The van der Waals surface area contributed by atoms with E-state index in [2.05, 4.69) is 10.3 Å². The van der Waals surface area contributed by atoms with Crippen molar-refractivity contribution in [2.24, 2.45) is 4.99 Å². The van der Waals surface area contributed by atoms with Crippen LogP contribution in [0.1, 0.15) is 5.56 Å². The van der Waals surface area contributed by atoms with Crippen molar-refractivity contribution < 1.29 is 9.18 Å². The summed E-state index contributed by atoms with van der Waals surface area (Å²) in [5.74, 6) is -0.629. The molecule has 25 heavy (non-hydrogen) atoms. The van der Waals surface area contributed by atoms with Crippen molar-refractivity contribution in [3.8, 4) is 0 Å². The van der Waals surface area contributed by atoms with Crippen molar-refractivity contribution in [1.29, 1.82) is 0 Å². The first kappa shape index (κ1) is 15.6. The molecule has 0 bridgehead atoms. The first-order chi connectivity index (χ1) is 12.2. The van der Waals surface area contributed by atoms with Gasteiger partial charge < -0.3 is 5.32 Å². The lowest BCUT2D eigenvalue weighted by molar-refractivity contribution is -0.115. The van der Waals surface area contributed by atoms with E-state index in [9.17, 15) is 9.18 Å². The molecule has 5 heteroatoms. The molecule has 3 aromatic rings. The molecule has 1 aliphatic heterocycles. The summed E-state index contributed by atoms with van der Waals surface area (Å²) in [5.41, 5.74) is 1.14. The maximum Gasteiger partial charge on any atom is 0.264 e. The van der Waals surface area contributed by atoms with Crippen LogP contribution in [0.15, 0.2) is 76.6 Å². The fourth-order valence-corrected chi connectivity index (χ4v) is 3.41. The number of benzene rings is 3. The summed E-state index contributed by atoms with van der Waals surface area (Å²) in [6.07, 6.45) is 1.54. The van der Waals surface area contributed by atoms with Gasteiger partial charge in [0.25, 0.3) is 5.91 Å². The molecule has 0 spiro atoms. The molecule has 0 saturated carbocycles. The van der Waals surface area contributed by atoms with Crippen molar-refractivity contribution in [2.75, 3.05) is 0 Å². The fraction of sp³-hybridized carbons (Fsp3) is 0. The van der Waals surface area contributed by atoms with Gasteiger partial charge in [-0.3, -0.25) is 4.79 Å². The predicted molar refractivity (Wildman–Crippen MR) is 101 cm³/mol. The molecule has 1 N–H and O–H groups in total. The van der Waals surface area contributed by atoms with E-state index in [1.807, 2.05) is 42.5 Å². The number of hydrogen-bond donors (Lipinski definition) is 1. The molecule has 0 atom stereocenters. The number of hydrogen-bond acceptors (Lipinski definition) is 3. The molecule has 3 nitrogen and oxygen atoms in total. The maximum absolute atomic E-state index is 13.7. The molecule has 1 saturated heterocycles. The number of halogens is 1.